The van der Waals surface area contributed by atoms with Crippen LogP contribution in [-0.4, -0.2) is 38.4 Å². The Morgan fingerprint density at radius 3 is 2.52 bits per heavy atom. The maximum absolute atomic E-state index is 12.4. The van der Waals surface area contributed by atoms with Crippen LogP contribution < -0.4 is 20.1 Å². The van der Waals surface area contributed by atoms with E-state index in [0.29, 0.717) is 41.7 Å². The van der Waals surface area contributed by atoms with Gasteiger partial charge in [-0.25, -0.2) is 0 Å². The smallest absolute Gasteiger partial charge is 0.291 e. The van der Waals surface area contributed by atoms with Gasteiger partial charge in [0.25, 0.3) is 11.8 Å². The minimum absolute atomic E-state index is 0.226. The molecule has 0 aromatic heterocycles. The van der Waals surface area contributed by atoms with Crippen molar-refractivity contribution in [3.8, 4) is 11.5 Å². The molecule has 2 amide bonds. The molecule has 3 rings (SSSR count). The summed E-state index contributed by atoms with van der Waals surface area (Å²) in [6.45, 7) is 0.829. The summed E-state index contributed by atoms with van der Waals surface area (Å²) < 4.78 is 15.8. The zero-order valence-electron chi connectivity index (χ0n) is 16.2. The van der Waals surface area contributed by atoms with Crippen molar-refractivity contribution in [1.82, 2.24) is 5.32 Å². The molecule has 152 valence electrons. The minimum atomic E-state index is -0.305. The van der Waals surface area contributed by atoms with E-state index in [0.717, 1.165) is 11.3 Å². The molecule has 1 heterocycles. The highest BCUT2D eigenvalue weighted by atomic mass is 32.2. The fraction of sp³-hybridized carbons (Fsp3) is 0.238. The van der Waals surface area contributed by atoms with Gasteiger partial charge in [0.2, 0.25) is 0 Å². The number of benzene rings is 2. The van der Waals surface area contributed by atoms with Gasteiger partial charge in [-0.05, 0) is 36.4 Å². The Morgan fingerprint density at radius 2 is 1.86 bits per heavy atom. The molecule has 0 atom stereocenters. The number of rotatable bonds is 7. The summed E-state index contributed by atoms with van der Waals surface area (Å²) in [7, 11) is 3.15. The summed E-state index contributed by atoms with van der Waals surface area (Å²) in [6, 6.07) is 12.1. The number of ether oxygens (including phenoxy) is 3. The van der Waals surface area contributed by atoms with E-state index < -0.39 is 0 Å². The molecule has 8 heteroatoms. The number of carbonyl (C=O) groups excluding carboxylic acids is 2. The molecule has 0 saturated carbocycles. The topological polar surface area (TPSA) is 85.9 Å². The number of carbonyl (C=O) groups is 2. The van der Waals surface area contributed by atoms with Crippen molar-refractivity contribution in [2.24, 2.45) is 0 Å². The quantitative estimate of drug-likeness (QED) is 0.724. The van der Waals surface area contributed by atoms with Crippen molar-refractivity contribution in [3.05, 3.63) is 64.8 Å². The largest absolute Gasteiger partial charge is 0.497 e. The molecule has 0 spiro atoms. The van der Waals surface area contributed by atoms with E-state index in [1.54, 1.807) is 50.0 Å². The first-order chi connectivity index (χ1) is 14.1. The molecule has 7 nitrogen and oxygen atoms in total. The molecule has 0 saturated heterocycles. The summed E-state index contributed by atoms with van der Waals surface area (Å²) in [6.07, 6.45) is 0. The normalized spacial score (nSPS) is 13.0. The highest BCUT2D eigenvalue weighted by Gasteiger charge is 2.15. The molecule has 29 heavy (non-hydrogen) atoms. The number of thioether (sulfide) groups is 1. The summed E-state index contributed by atoms with van der Waals surface area (Å²) >= 11 is 1.54. The molecule has 1 aliphatic heterocycles. The third kappa shape index (κ3) is 5.45. The second-order valence-corrected chi connectivity index (χ2v) is 7.07. The van der Waals surface area contributed by atoms with Crippen LogP contribution >= 0.6 is 11.8 Å². The van der Waals surface area contributed by atoms with Gasteiger partial charge in [0.15, 0.2) is 5.76 Å². The van der Waals surface area contributed by atoms with E-state index in [1.165, 1.54) is 11.8 Å². The van der Waals surface area contributed by atoms with E-state index in [9.17, 15) is 9.59 Å². The second kappa shape index (κ2) is 9.88. The molecular formula is C21H22N2O5S. The lowest BCUT2D eigenvalue weighted by atomic mass is 10.1. The van der Waals surface area contributed by atoms with Crippen molar-refractivity contribution in [2.75, 3.05) is 31.9 Å². The van der Waals surface area contributed by atoms with Crippen molar-refractivity contribution < 1.29 is 23.8 Å². The average molecular weight is 414 g/mol. The molecule has 2 N–H and O–H groups in total. The van der Waals surface area contributed by atoms with E-state index in [-0.39, 0.29) is 11.8 Å². The van der Waals surface area contributed by atoms with Crippen LogP contribution in [-0.2, 0) is 16.1 Å². The molecule has 0 aliphatic carbocycles. The Kier molecular flexibility index (Phi) is 7.02. The van der Waals surface area contributed by atoms with Crippen LogP contribution in [0.1, 0.15) is 15.9 Å². The summed E-state index contributed by atoms with van der Waals surface area (Å²) in [5.74, 6) is 1.93. The Bertz CT molecular complexity index is 912. The first kappa shape index (κ1) is 20.6. The predicted octanol–water partition coefficient (Wildman–Crippen LogP) is 3.18. The Hall–Kier alpha value is -3.13. The SMILES string of the molecule is COc1ccc(CNC(=O)c2ccc(NC(=O)C3=CSCCO3)cc2)c(OC)c1. The molecule has 0 fully saturated rings. The number of hydrogen-bond donors (Lipinski definition) is 2. The number of methoxy groups -OCH3 is 2. The van der Waals surface area contributed by atoms with E-state index in [2.05, 4.69) is 10.6 Å². The van der Waals surface area contributed by atoms with E-state index >= 15 is 0 Å². The molecule has 1 aliphatic rings. The maximum atomic E-state index is 12.4. The lowest BCUT2D eigenvalue weighted by Crippen LogP contribution is -2.23. The van der Waals surface area contributed by atoms with Gasteiger partial charge in [-0.3, -0.25) is 9.59 Å². The fourth-order valence-electron chi connectivity index (χ4n) is 2.66. The van der Waals surface area contributed by atoms with Gasteiger partial charge in [0.1, 0.15) is 11.5 Å². The second-order valence-electron chi connectivity index (χ2n) is 6.09. The van der Waals surface area contributed by atoms with Gasteiger partial charge in [0.05, 0.1) is 20.8 Å². The average Bonchev–Trinajstić information content (AvgIpc) is 2.78. The summed E-state index contributed by atoms with van der Waals surface area (Å²) in [5.41, 5.74) is 1.91. The molecular weight excluding hydrogens is 392 g/mol. The lowest BCUT2D eigenvalue weighted by molar-refractivity contribution is -0.116. The zero-order valence-corrected chi connectivity index (χ0v) is 17.0. The maximum Gasteiger partial charge on any atom is 0.291 e. The van der Waals surface area contributed by atoms with Crippen LogP contribution in [0.25, 0.3) is 0 Å². The lowest BCUT2D eigenvalue weighted by Gasteiger charge is -2.14. The fourth-order valence-corrected chi connectivity index (χ4v) is 3.28. The van der Waals surface area contributed by atoms with Gasteiger partial charge in [-0.2, -0.15) is 0 Å². The first-order valence-electron chi connectivity index (χ1n) is 8.96. The van der Waals surface area contributed by atoms with Crippen LogP contribution in [0.2, 0.25) is 0 Å². The van der Waals surface area contributed by atoms with Crippen molar-refractivity contribution in [1.29, 1.82) is 0 Å². The molecule has 0 unspecified atom stereocenters. The zero-order chi connectivity index (χ0) is 20.6. The highest BCUT2D eigenvalue weighted by Crippen LogP contribution is 2.24. The van der Waals surface area contributed by atoms with Crippen molar-refractivity contribution in [3.63, 3.8) is 0 Å². The monoisotopic (exact) mass is 414 g/mol. The number of hydrogen-bond acceptors (Lipinski definition) is 6. The van der Waals surface area contributed by atoms with Gasteiger partial charge in [-0.15, -0.1) is 11.8 Å². The molecule has 2 aromatic carbocycles. The van der Waals surface area contributed by atoms with E-state index in [1.807, 2.05) is 12.1 Å². The van der Waals surface area contributed by atoms with Crippen LogP contribution in [0.4, 0.5) is 5.69 Å². The third-order valence-electron chi connectivity index (χ3n) is 4.21. The van der Waals surface area contributed by atoms with E-state index in [4.69, 9.17) is 14.2 Å². The molecule has 2 aromatic rings. The van der Waals surface area contributed by atoms with Crippen LogP contribution in [0.3, 0.4) is 0 Å². The Balaban J connectivity index is 1.58. The van der Waals surface area contributed by atoms with Gasteiger partial charge in [0, 0.05) is 40.6 Å². The van der Waals surface area contributed by atoms with Crippen molar-refractivity contribution >= 4 is 29.3 Å². The summed E-state index contributed by atoms with van der Waals surface area (Å²) in [4.78, 5) is 24.6. The van der Waals surface area contributed by atoms with Gasteiger partial charge in [-0.1, -0.05) is 0 Å². The first-order valence-corrected chi connectivity index (χ1v) is 10.0. The highest BCUT2D eigenvalue weighted by molar-refractivity contribution is 8.02. The predicted molar refractivity (Wildman–Crippen MR) is 112 cm³/mol. The van der Waals surface area contributed by atoms with Crippen LogP contribution in [0, 0.1) is 0 Å². The minimum Gasteiger partial charge on any atom is -0.497 e. The number of nitrogens with one attached hydrogen (secondary N) is 2. The van der Waals surface area contributed by atoms with Crippen molar-refractivity contribution in [2.45, 2.75) is 6.54 Å². The number of amides is 2. The Morgan fingerprint density at radius 1 is 1.07 bits per heavy atom. The Labute approximate surface area is 173 Å². The van der Waals surface area contributed by atoms with Crippen LogP contribution in [0.5, 0.6) is 11.5 Å². The molecule has 0 radical (unpaired) electrons. The third-order valence-corrected chi connectivity index (χ3v) is 4.99. The van der Waals surface area contributed by atoms with Gasteiger partial charge >= 0.3 is 0 Å². The molecule has 0 bridgehead atoms. The number of anilines is 1. The van der Waals surface area contributed by atoms with Crippen LogP contribution in [0.15, 0.2) is 53.6 Å². The van der Waals surface area contributed by atoms with Gasteiger partial charge < -0.3 is 24.8 Å². The summed E-state index contributed by atoms with van der Waals surface area (Å²) in [5, 5.41) is 7.32. The standard InChI is InChI=1S/C21H22N2O5S/c1-26-17-8-5-15(18(11-17)27-2)12-22-20(24)14-3-6-16(7-4-14)23-21(25)19-13-29-10-9-28-19/h3-8,11,13H,9-10,12H2,1-2H3,(H,22,24)(H,23,25).